The fraction of sp³-hybridized carbons (Fsp3) is 0.333. The third kappa shape index (κ3) is 7.07. The van der Waals surface area contributed by atoms with Crippen molar-refractivity contribution in [2.75, 3.05) is 32.8 Å². The Balaban J connectivity index is 1.32. The van der Waals surface area contributed by atoms with E-state index >= 15 is 0 Å². The van der Waals surface area contributed by atoms with E-state index in [-0.39, 0.29) is 17.7 Å². The first-order valence-corrected chi connectivity index (χ1v) is 12.3. The molecule has 2 atom stereocenters. The highest BCUT2D eigenvalue weighted by molar-refractivity contribution is 5.48. The highest BCUT2D eigenvalue weighted by Crippen LogP contribution is 2.27. The lowest BCUT2D eigenvalue weighted by atomic mass is 10.0. The Bertz CT molecular complexity index is 1020. The molecule has 1 heterocycles. The molecule has 0 amide bonds. The smallest absolute Gasteiger partial charge is 0.123 e. The fourth-order valence-electron chi connectivity index (χ4n) is 4.67. The van der Waals surface area contributed by atoms with Crippen molar-refractivity contribution in [3.63, 3.8) is 0 Å². The number of halogens is 2. The van der Waals surface area contributed by atoms with E-state index in [0.29, 0.717) is 18.7 Å². The van der Waals surface area contributed by atoms with Crippen molar-refractivity contribution >= 4 is 6.08 Å². The van der Waals surface area contributed by atoms with E-state index in [1.165, 1.54) is 29.8 Å². The summed E-state index contributed by atoms with van der Waals surface area (Å²) < 4.78 is 33.3. The zero-order valence-electron chi connectivity index (χ0n) is 20.5. The number of nitrogens with zero attached hydrogens (tertiary/aromatic N) is 2. The first-order chi connectivity index (χ1) is 17.0. The molecule has 0 bridgehead atoms. The second-order valence-corrected chi connectivity index (χ2v) is 9.31. The van der Waals surface area contributed by atoms with Gasteiger partial charge in [0.15, 0.2) is 0 Å². The number of piperazine rings is 1. The monoisotopic (exact) mass is 476 g/mol. The molecule has 0 saturated carbocycles. The van der Waals surface area contributed by atoms with E-state index in [9.17, 15) is 8.78 Å². The van der Waals surface area contributed by atoms with Gasteiger partial charge in [0.1, 0.15) is 17.7 Å². The van der Waals surface area contributed by atoms with E-state index in [4.69, 9.17) is 4.74 Å². The number of hydrogen-bond donors (Lipinski definition) is 0. The summed E-state index contributed by atoms with van der Waals surface area (Å²) in [4.78, 5) is 4.98. The van der Waals surface area contributed by atoms with Crippen molar-refractivity contribution in [2.24, 2.45) is 0 Å². The first-order valence-electron chi connectivity index (χ1n) is 12.3. The Kier molecular flexibility index (Phi) is 8.80. The molecule has 3 aromatic carbocycles. The predicted molar refractivity (Wildman–Crippen MR) is 138 cm³/mol. The van der Waals surface area contributed by atoms with Crippen LogP contribution in [0.5, 0.6) is 0 Å². The fourth-order valence-corrected chi connectivity index (χ4v) is 4.67. The standard InChI is InChI=1S/C30H34F2N2O/c1-23-22-34(24(2)21-33(23)18-6-9-25-7-4-3-5-8-25)19-20-35-30(26-10-14-28(31)15-11-26)27-12-16-29(32)17-13-27/h3-17,23-24,30H,18-22H2,1-2H3/b9-6+/t23-,24+/m0/s1. The molecule has 0 aliphatic carbocycles. The van der Waals surface area contributed by atoms with Crippen molar-refractivity contribution in [1.82, 2.24) is 9.80 Å². The maximum absolute atomic E-state index is 13.5. The number of hydrogen-bond acceptors (Lipinski definition) is 3. The van der Waals surface area contributed by atoms with Crippen LogP contribution in [0.4, 0.5) is 8.78 Å². The molecule has 0 unspecified atom stereocenters. The number of rotatable bonds is 9. The molecular weight excluding hydrogens is 442 g/mol. The average molecular weight is 477 g/mol. The quantitative estimate of drug-likeness (QED) is 0.367. The van der Waals surface area contributed by atoms with Crippen molar-refractivity contribution in [3.8, 4) is 0 Å². The van der Waals surface area contributed by atoms with Gasteiger partial charge >= 0.3 is 0 Å². The second kappa shape index (κ2) is 12.2. The van der Waals surface area contributed by atoms with Gasteiger partial charge in [-0.1, -0.05) is 66.7 Å². The molecule has 3 nitrogen and oxygen atoms in total. The molecular formula is C30H34F2N2O. The summed E-state index contributed by atoms with van der Waals surface area (Å²) in [6.07, 6.45) is 4.06. The molecule has 184 valence electrons. The van der Waals surface area contributed by atoms with E-state index in [2.05, 4.69) is 60.1 Å². The maximum Gasteiger partial charge on any atom is 0.123 e. The highest BCUT2D eigenvalue weighted by atomic mass is 19.1. The molecule has 3 aromatic rings. The van der Waals surface area contributed by atoms with Gasteiger partial charge in [0.25, 0.3) is 0 Å². The molecule has 1 fully saturated rings. The van der Waals surface area contributed by atoms with Crippen LogP contribution in [0.15, 0.2) is 84.9 Å². The van der Waals surface area contributed by atoms with Crippen LogP contribution < -0.4 is 0 Å². The lowest BCUT2D eigenvalue weighted by Crippen LogP contribution is -2.56. The van der Waals surface area contributed by atoms with Gasteiger partial charge in [0.2, 0.25) is 0 Å². The van der Waals surface area contributed by atoms with Gasteiger partial charge in [-0.15, -0.1) is 0 Å². The number of ether oxygens (including phenoxy) is 1. The average Bonchev–Trinajstić information content (AvgIpc) is 2.86. The van der Waals surface area contributed by atoms with Crippen molar-refractivity contribution in [3.05, 3.63) is 113 Å². The Hall–Kier alpha value is -2.86. The van der Waals surface area contributed by atoms with E-state index in [0.717, 1.165) is 37.3 Å². The highest BCUT2D eigenvalue weighted by Gasteiger charge is 2.28. The minimum absolute atomic E-state index is 0.286. The Morgan fingerprint density at radius 1 is 0.800 bits per heavy atom. The molecule has 5 heteroatoms. The molecule has 0 aromatic heterocycles. The SMILES string of the molecule is C[C@@H]1CN(C/C=C/c2ccccc2)[C@@H](C)CN1CCOC(c1ccc(F)cc1)c1ccc(F)cc1. The van der Waals surface area contributed by atoms with Gasteiger partial charge in [-0.25, -0.2) is 8.78 Å². The minimum Gasteiger partial charge on any atom is -0.367 e. The molecule has 1 aliphatic rings. The maximum atomic E-state index is 13.5. The lowest BCUT2D eigenvalue weighted by molar-refractivity contribution is 0.0106. The summed E-state index contributed by atoms with van der Waals surface area (Å²) in [5.41, 5.74) is 2.93. The molecule has 1 aliphatic heterocycles. The van der Waals surface area contributed by atoms with E-state index in [1.54, 1.807) is 24.3 Å². The summed E-state index contributed by atoms with van der Waals surface area (Å²) in [6.45, 7) is 8.78. The zero-order chi connectivity index (χ0) is 24.6. The normalized spacial score (nSPS) is 19.6. The zero-order valence-corrected chi connectivity index (χ0v) is 20.5. The van der Waals surface area contributed by atoms with Crippen LogP contribution in [0.3, 0.4) is 0 Å². The van der Waals surface area contributed by atoms with Gasteiger partial charge in [0.05, 0.1) is 6.61 Å². The third-order valence-electron chi connectivity index (χ3n) is 6.70. The topological polar surface area (TPSA) is 15.7 Å². The molecule has 0 radical (unpaired) electrons. The molecule has 35 heavy (non-hydrogen) atoms. The Morgan fingerprint density at radius 3 is 1.94 bits per heavy atom. The Morgan fingerprint density at radius 2 is 1.34 bits per heavy atom. The molecule has 0 N–H and O–H groups in total. The van der Waals surface area contributed by atoms with Crippen molar-refractivity contribution in [1.29, 1.82) is 0 Å². The molecule has 0 spiro atoms. The lowest BCUT2D eigenvalue weighted by Gasteiger charge is -2.44. The minimum atomic E-state index is -0.367. The van der Waals surface area contributed by atoms with Gasteiger partial charge in [0, 0.05) is 38.3 Å². The Labute approximate surface area is 207 Å². The molecule has 4 rings (SSSR count). The second-order valence-electron chi connectivity index (χ2n) is 9.31. The van der Waals surface area contributed by atoms with Crippen LogP contribution >= 0.6 is 0 Å². The van der Waals surface area contributed by atoms with Crippen LogP contribution in [0.2, 0.25) is 0 Å². The van der Waals surface area contributed by atoms with E-state index < -0.39 is 0 Å². The van der Waals surface area contributed by atoms with Gasteiger partial charge in [-0.2, -0.15) is 0 Å². The first kappa shape index (κ1) is 25.2. The summed E-state index contributed by atoms with van der Waals surface area (Å²) in [6, 6.07) is 23.9. The van der Waals surface area contributed by atoms with Crippen LogP contribution in [0.25, 0.3) is 6.08 Å². The summed E-state index contributed by atoms with van der Waals surface area (Å²) in [5.74, 6) is -0.572. The summed E-state index contributed by atoms with van der Waals surface area (Å²) in [5, 5.41) is 0. The van der Waals surface area contributed by atoms with E-state index in [1.807, 2.05) is 6.07 Å². The predicted octanol–water partition coefficient (Wildman–Crippen LogP) is 6.18. The van der Waals surface area contributed by atoms with Crippen molar-refractivity contribution in [2.45, 2.75) is 32.0 Å². The van der Waals surface area contributed by atoms with Crippen molar-refractivity contribution < 1.29 is 13.5 Å². The van der Waals surface area contributed by atoms with Gasteiger partial charge in [-0.05, 0) is 54.8 Å². The molecule has 1 saturated heterocycles. The number of benzene rings is 3. The summed E-state index contributed by atoms with van der Waals surface area (Å²) >= 11 is 0. The summed E-state index contributed by atoms with van der Waals surface area (Å²) in [7, 11) is 0. The van der Waals surface area contributed by atoms with Gasteiger partial charge < -0.3 is 4.74 Å². The largest absolute Gasteiger partial charge is 0.367 e. The van der Waals surface area contributed by atoms with Crippen LogP contribution in [-0.4, -0.2) is 54.7 Å². The third-order valence-corrected chi connectivity index (χ3v) is 6.70. The van der Waals surface area contributed by atoms with Crippen LogP contribution in [0.1, 0.15) is 36.6 Å². The van der Waals surface area contributed by atoms with Crippen LogP contribution in [-0.2, 0) is 4.74 Å². The van der Waals surface area contributed by atoms with Crippen LogP contribution in [0, 0.1) is 11.6 Å². The van der Waals surface area contributed by atoms with Gasteiger partial charge in [-0.3, -0.25) is 9.80 Å².